The van der Waals surface area contributed by atoms with Gasteiger partial charge >= 0.3 is 0 Å². The Morgan fingerprint density at radius 1 is 0.345 bits per heavy atom. The lowest BCUT2D eigenvalue weighted by molar-refractivity contribution is 0.660. The molecule has 1 heteroatoms. The Bertz CT molecular complexity index is 2690. The summed E-state index contributed by atoms with van der Waals surface area (Å²) < 4.78 is 0. The molecule has 0 spiro atoms. The number of rotatable bonds is 5. The third-order valence-corrected chi connectivity index (χ3v) is 12.3. The quantitative estimate of drug-likeness (QED) is 0.172. The van der Waals surface area contributed by atoms with Gasteiger partial charge in [0.25, 0.3) is 0 Å². The lowest BCUT2D eigenvalue weighted by Gasteiger charge is -2.33. The Labute approximate surface area is 325 Å². The normalized spacial score (nSPS) is 14.1. The summed E-state index contributed by atoms with van der Waals surface area (Å²) in [4.78, 5) is 2.46. The van der Waals surface area contributed by atoms with E-state index < -0.39 is 5.41 Å². The van der Waals surface area contributed by atoms with E-state index in [1.807, 2.05) is 13.8 Å². The molecule has 0 saturated heterocycles. The molecule has 11 rings (SSSR count). The molecule has 0 unspecified atom stereocenters. The van der Waals surface area contributed by atoms with Crippen LogP contribution < -0.4 is 4.90 Å². The maximum Gasteiger partial charge on any atom is 0.0726 e. The predicted molar refractivity (Wildman–Crippen MR) is 232 cm³/mol. The number of hydrogen-bond acceptors (Lipinski definition) is 1. The Morgan fingerprint density at radius 2 is 0.818 bits per heavy atom. The van der Waals surface area contributed by atoms with Gasteiger partial charge in [-0.15, -0.1) is 0 Å². The average molecular weight is 706 g/mol. The van der Waals surface area contributed by atoms with E-state index in [1.54, 1.807) is 0 Å². The monoisotopic (exact) mass is 705 g/mol. The highest BCUT2D eigenvalue weighted by molar-refractivity contribution is 5.99. The van der Waals surface area contributed by atoms with E-state index >= 15 is 0 Å². The van der Waals surface area contributed by atoms with Crippen LogP contribution in [0.1, 0.15) is 61.1 Å². The molecular weight excluding hydrogens is 663 g/mol. The van der Waals surface area contributed by atoms with Crippen molar-refractivity contribution in [2.75, 3.05) is 4.90 Å². The van der Waals surface area contributed by atoms with E-state index in [1.165, 1.54) is 77.9 Å². The molecule has 0 saturated carbocycles. The second-order valence-corrected chi connectivity index (χ2v) is 15.3. The summed E-state index contributed by atoms with van der Waals surface area (Å²) in [5, 5.41) is 0. The maximum absolute atomic E-state index is 2.46. The van der Waals surface area contributed by atoms with E-state index in [2.05, 4.69) is 207 Å². The number of benzene rings is 8. The van der Waals surface area contributed by atoms with Crippen molar-refractivity contribution >= 4 is 17.1 Å². The third kappa shape index (κ3) is 4.66. The molecule has 0 bridgehead atoms. The lowest BCUT2D eigenvalue weighted by Crippen LogP contribution is -2.26. The van der Waals surface area contributed by atoms with E-state index in [0.717, 1.165) is 17.1 Å². The van der Waals surface area contributed by atoms with Gasteiger partial charge in [0.2, 0.25) is 0 Å². The van der Waals surface area contributed by atoms with Crippen LogP contribution in [0.5, 0.6) is 0 Å². The van der Waals surface area contributed by atoms with Crippen LogP contribution in [-0.4, -0.2) is 0 Å². The van der Waals surface area contributed by atoms with Gasteiger partial charge in [0.1, 0.15) is 0 Å². The molecule has 0 atom stereocenters. The number of hydrogen-bond donors (Lipinski definition) is 0. The van der Waals surface area contributed by atoms with Gasteiger partial charge in [0.15, 0.2) is 0 Å². The lowest BCUT2D eigenvalue weighted by atomic mass is 9.70. The molecule has 0 fully saturated rings. The summed E-state index contributed by atoms with van der Waals surface area (Å²) in [5.41, 5.74) is 21.6. The van der Waals surface area contributed by atoms with Gasteiger partial charge in [0, 0.05) is 22.5 Å². The van der Waals surface area contributed by atoms with Crippen LogP contribution in [-0.2, 0) is 10.8 Å². The zero-order valence-electron chi connectivity index (χ0n) is 31.8. The van der Waals surface area contributed by atoms with Crippen molar-refractivity contribution in [3.63, 3.8) is 0 Å². The van der Waals surface area contributed by atoms with Crippen molar-refractivity contribution in [2.45, 2.75) is 38.5 Å². The molecule has 8 aromatic carbocycles. The van der Waals surface area contributed by atoms with E-state index in [0.29, 0.717) is 0 Å². The van der Waals surface area contributed by atoms with Crippen LogP contribution in [0.2, 0.25) is 0 Å². The molecule has 0 radical (unpaired) electrons. The van der Waals surface area contributed by atoms with E-state index in [4.69, 9.17) is 0 Å². The van der Waals surface area contributed by atoms with Crippen LogP contribution in [0.25, 0.3) is 44.5 Å². The van der Waals surface area contributed by atoms with Gasteiger partial charge < -0.3 is 4.90 Å². The zero-order chi connectivity index (χ0) is 37.3. The Kier molecular flexibility index (Phi) is 7.58. The Morgan fingerprint density at radius 3 is 1.47 bits per heavy atom. The molecule has 0 aromatic heterocycles. The zero-order valence-corrected chi connectivity index (χ0v) is 31.8. The number of nitrogens with zero attached hydrogens (tertiary/aromatic N) is 1. The molecule has 0 heterocycles. The first-order valence-corrected chi connectivity index (χ1v) is 19.7. The minimum atomic E-state index is -0.403. The minimum absolute atomic E-state index is 0.104. The minimum Gasteiger partial charge on any atom is -0.310 e. The topological polar surface area (TPSA) is 3.24 Å². The Hall–Kier alpha value is -6.44. The second-order valence-electron chi connectivity index (χ2n) is 15.3. The first-order valence-electron chi connectivity index (χ1n) is 19.7. The van der Waals surface area contributed by atoms with Gasteiger partial charge in [-0.3, -0.25) is 0 Å². The van der Waals surface area contributed by atoms with Crippen LogP contribution in [0.3, 0.4) is 0 Å². The predicted octanol–water partition coefficient (Wildman–Crippen LogP) is 14.5. The molecule has 3 aliphatic rings. The molecule has 8 aromatic rings. The molecule has 264 valence electrons. The fraction of sp³-hybridized carbons (Fsp3) is 0.111. The molecule has 0 amide bonds. The fourth-order valence-corrected chi connectivity index (χ4v) is 9.96. The Balaban J connectivity index is 0.00000183. The van der Waals surface area contributed by atoms with Crippen molar-refractivity contribution in [1.82, 2.24) is 0 Å². The number of fused-ring (bicyclic) bond motifs is 9. The fourth-order valence-electron chi connectivity index (χ4n) is 9.96. The molecule has 0 N–H and O–H groups in total. The highest BCUT2D eigenvalue weighted by Crippen LogP contribution is 2.64. The van der Waals surface area contributed by atoms with Gasteiger partial charge in [-0.25, -0.2) is 0 Å². The van der Waals surface area contributed by atoms with Crippen molar-refractivity contribution < 1.29 is 0 Å². The maximum atomic E-state index is 2.46. The highest BCUT2D eigenvalue weighted by atomic mass is 15.1. The van der Waals surface area contributed by atoms with Crippen LogP contribution in [0, 0.1) is 0 Å². The first-order chi connectivity index (χ1) is 27.0. The van der Waals surface area contributed by atoms with Crippen molar-refractivity contribution in [3.8, 4) is 44.5 Å². The smallest absolute Gasteiger partial charge is 0.0726 e. The summed E-state index contributed by atoms with van der Waals surface area (Å²) in [6, 6.07) is 70.1. The average Bonchev–Trinajstić information content (AvgIpc) is 3.82. The summed E-state index contributed by atoms with van der Waals surface area (Å²) in [7, 11) is 0. The summed E-state index contributed by atoms with van der Waals surface area (Å²) in [6.45, 7) is 8.73. The number of anilines is 3. The molecular formula is C54H43N. The van der Waals surface area contributed by atoms with Gasteiger partial charge in [-0.1, -0.05) is 179 Å². The van der Waals surface area contributed by atoms with Crippen LogP contribution >= 0.6 is 0 Å². The van der Waals surface area contributed by atoms with Crippen molar-refractivity contribution in [3.05, 3.63) is 221 Å². The molecule has 55 heavy (non-hydrogen) atoms. The van der Waals surface area contributed by atoms with E-state index in [-0.39, 0.29) is 5.41 Å². The summed E-state index contributed by atoms with van der Waals surface area (Å²) in [6.07, 6.45) is 0. The SMILES string of the molecule is CC.CC1(C)c2ccccc2-c2ccc(N(c3ccc(-c4ccccc4)cc3)c3cccc(C45c6ccccc6-c6cccc(c64)-c4ccccc45)c3)cc21. The second kappa shape index (κ2) is 12.6. The van der Waals surface area contributed by atoms with Crippen LogP contribution in [0.4, 0.5) is 17.1 Å². The highest BCUT2D eigenvalue weighted by Gasteiger charge is 2.52. The van der Waals surface area contributed by atoms with Crippen molar-refractivity contribution in [1.29, 1.82) is 0 Å². The largest absolute Gasteiger partial charge is 0.310 e. The van der Waals surface area contributed by atoms with Gasteiger partial charge in [0.05, 0.1) is 5.41 Å². The molecule has 0 aliphatic heterocycles. The molecule has 1 nitrogen and oxygen atoms in total. The van der Waals surface area contributed by atoms with E-state index in [9.17, 15) is 0 Å². The molecule has 3 aliphatic carbocycles. The van der Waals surface area contributed by atoms with Gasteiger partial charge in [-0.2, -0.15) is 0 Å². The summed E-state index contributed by atoms with van der Waals surface area (Å²) >= 11 is 0. The first kappa shape index (κ1) is 33.2. The van der Waals surface area contributed by atoms with Crippen molar-refractivity contribution in [2.24, 2.45) is 0 Å². The standard InChI is InChI=1S/C52H37N.C2H6/c1-51(2)46-23-9-6-18-40(46)43-31-30-39(33-49(43)51)53(37-28-26-35(27-29-37)34-14-4-3-5-15-34)38-17-12-16-36(32-38)52-47-24-10-7-19-41(47)44-21-13-22-45(50(44)52)42-20-8-11-25-48(42)52;1-2/h3-33H,1-2H3;1-2H3. The van der Waals surface area contributed by atoms with Crippen LogP contribution in [0.15, 0.2) is 188 Å². The third-order valence-electron chi connectivity index (χ3n) is 12.3. The summed E-state index contributed by atoms with van der Waals surface area (Å²) in [5.74, 6) is 0. The van der Waals surface area contributed by atoms with Gasteiger partial charge in [-0.05, 0) is 114 Å².